The maximum atomic E-state index is 10.3. The summed E-state index contributed by atoms with van der Waals surface area (Å²) in [6.07, 6.45) is 3.01. The summed E-state index contributed by atoms with van der Waals surface area (Å²) in [4.78, 5) is 0. The van der Waals surface area contributed by atoms with E-state index in [1.807, 2.05) is 24.3 Å². The predicted molar refractivity (Wildman–Crippen MR) is 101 cm³/mol. The molecule has 24 heavy (non-hydrogen) atoms. The van der Waals surface area contributed by atoms with Crippen LogP contribution in [0, 0.1) is 0 Å². The minimum absolute atomic E-state index is 0.157. The molecule has 2 unspecified atom stereocenters. The van der Waals surface area contributed by atoms with Gasteiger partial charge >= 0.3 is 0 Å². The number of benzene rings is 2. The van der Waals surface area contributed by atoms with Gasteiger partial charge in [0.15, 0.2) is 0 Å². The quantitative estimate of drug-likeness (QED) is 0.574. The molecular formula is C21H26N2O. The monoisotopic (exact) mass is 322 g/mol. The van der Waals surface area contributed by atoms with Crippen molar-refractivity contribution in [3.63, 3.8) is 0 Å². The van der Waals surface area contributed by atoms with Gasteiger partial charge in [-0.2, -0.15) is 0 Å². The number of nitrogens with one attached hydrogen (secondary N) is 2. The highest BCUT2D eigenvalue weighted by atomic mass is 16.3. The van der Waals surface area contributed by atoms with Crippen LogP contribution in [-0.2, 0) is 5.41 Å². The standard InChI is InChI=1S/C21H26N2O/c1-21(2,3)16-11-8-15(9-12-16)10-13-20(24)23-18-7-5-4-6-17(18)19-14-22-19/h4-13,19-20,22-24H,14H2,1-3H3/b13-10+. The summed E-state index contributed by atoms with van der Waals surface area (Å²) in [7, 11) is 0. The molecule has 1 fully saturated rings. The maximum absolute atomic E-state index is 10.3. The lowest BCUT2D eigenvalue weighted by Crippen LogP contribution is -2.16. The number of para-hydroxylation sites is 1. The van der Waals surface area contributed by atoms with Gasteiger partial charge in [-0.15, -0.1) is 0 Å². The largest absolute Gasteiger partial charge is 0.370 e. The minimum Gasteiger partial charge on any atom is -0.370 e. The van der Waals surface area contributed by atoms with Gasteiger partial charge in [0.1, 0.15) is 6.23 Å². The van der Waals surface area contributed by atoms with Gasteiger partial charge in [0.2, 0.25) is 0 Å². The smallest absolute Gasteiger partial charge is 0.144 e. The Morgan fingerprint density at radius 1 is 1.12 bits per heavy atom. The Kier molecular flexibility index (Phi) is 4.74. The molecule has 0 bridgehead atoms. The van der Waals surface area contributed by atoms with Crippen LogP contribution in [0.25, 0.3) is 6.08 Å². The Hall–Kier alpha value is -2.10. The number of hydrogen-bond donors (Lipinski definition) is 3. The minimum atomic E-state index is -0.716. The number of aliphatic hydroxyl groups is 1. The van der Waals surface area contributed by atoms with Crippen molar-refractivity contribution in [2.45, 2.75) is 38.5 Å². The van der Waals surface area contributed by atoms with Crippen molar-refractivity contribution in [2.75, 3.05) is 11.9 Å². The molecule has 0 aliphatic carbocycles. The normalized spacial score (nSPS) is 18.6. The molecule has 1 heterocycles. The summed E-state index contributed by atoms with van der Waals surface area (Å²) in [6.45, 7) is 7.62. The van der Waals surface area contributed by atoms with Crippen LogP contribution in [0.3, 0.4) is 0 Å². The molecule has 2 aromatic rings. The van der Waals surface area contributed by atoms with Crippen LogP contribution in [-0.4, -0.2) is 17.9 Å². The number of hydrogen-bond acceptors (Lipinski definition) is 3. The molecule has 0 saturated carbocycles. The molecule has 0 aromatic heterocycles. The Bertz CT molecular complexity index is 709. The highest BCUT2D eigenvalue weighted by molar-refractivity contribution is 5.56. The van der Waals surface area contributed by atoms with E-state index in [2.05, 4.69) is 61.7 Å². The third kappa shape index (κ3) is 4.25. The van der Waals surface area contributed by atoms with E-state index in [-0.39, 0.29) is 5.41 Å². The molecule has 0 amide bonds. The molecule has 1 aliphatic rings. The molecule has 3 heteroatoms. The second-order valence-corrected chi connectivity index (χ2v) is 7.37. The fourth-order valence-corrected chi connectivity index (χ4v) is 2.72. The molecule has 2 aromatic carbocycles. The van der Waals surface area contributed by atoms with Crippen molar-refractivity contribution in [3.8, 4) is 0 Å². The molecule has 126 valence electrons. The van der Waals surface area contributed by atoms with Crippen molar-refractivity contribution in [1.82, 2.24) is 5.32 Å². The summed E-state index contributed by atoms with van der Waals surface area (Å²) in [6, 6.07) is 17.0. The van der Waals surface area contributed by atoms with E-state index in [0.717, 1.165) is 17.8 Å². The van der Waals surface area contributed by atoms with Crippen LogP contribution in [0.5, 0.6) is 0 Å². The lowest BCUT2D eigenvalue weighted by Gasteiger charge is -2.18. The Morgan fingerprint density at radius 2 is 1.79 bits per heavy atom. The average molecular weight is 322 g/mol. The first-order valence-electron chi connectivity index (χ1n) is 8.49. The van der Waals surface area contributed by atoms with Crippen molar-refractivity contribution in [3.05, 3.63) is 71.3 Å². The van der Waals surface area contributed by atoms with Gasteiger partial charge in [0.05, 0.1) is 0 Å². The molecular weight excluding hydrogens is 296 g/mol. The molecule has 2 atom stereocenters. The lowest BCUT2D eigenvalue weighted by atomic mass is 9.87. The Labute approximate surface area is 144 Å². The average Bonchev–Trinajstić information content (AvgIpc) is 3.38. The molecule has 1 aliphatic heterocycles. The van der Waals surface area contributed by atoms with Crippen molar-refractivity contribution in [2.24, 2.45) is 0 Å². The van der Waals surface area contributed by atoms with Gasteiger partial charge in [0, 0.05) is 18.3 Å². The first kappa shape index (κ1) is 16.7. The van der Waals surface area contributed by atoms with Crippen LogP contribution >= 0.6 is 0 Å². The van der Waals surface area contributed by atoms with E-state index in [0.29, 0.717) is 6.04 Å². The summed E-state index contributed by atoms with van der Waals surface area (Å²) >= 11 is 0. The van der Waals surface area contributed by atoms with Crippen LogP contribution in [0.4, 0.5) is 5.69 Å². The second-order valence-electron chi connectivity index (χ2n) is 7.37. The molecule has 0 radical (unpaired) electrons. The summed E-state index contributed by atoms with van der Waals surface area (Å²) in [5.41, 5.74) is 4.74. The molecule has 3 nitrogen and oxygen atoms in total. The van der Waals surface area contributed by atoms with Crippen molar-refractivity contribution >= 4 is 11.8 Å². The van der Waals surface area contributed by atoms with Crippen LogP contribution in [0.2, 0.25) is 0 Å². The van der Waals surface area contributed by atoms with E-state index in [1.165, 1.54) is 11.1 Å². The zero-order valence-corrected chi connectivity index (χ0v) is 14.6. The highest BCUT2D eigenvalue weighted by Gasteiger charge is 2.24. The first-order chi connectivity index (χ1) is 11.4. The van der Waals surface area contributed by atoms with E-state index in [9.17, 15) is 5.11 Å². The zero-order valence-electron chi connectivity index (χ0n) is 14.6. The molecule has 3 N–H and O–H groups in total. The fourth-order valence-electron chi connectivity index (χ4n) is 2.72. The van der Waals surface area contributed by atoms with Gasteiger partial charge in [0.25, 0.3) is 0 Å². The Morgan fingerprint density at radius 3 is 2.42 bits per heavy atom. The summed E-state index contributed by atoms with van der Waals surface area (Å²) < 4.78 is 0. The molecule has 1 saturated heterocycles. The van der Waals surface area contributed by atoms with Crippen LogP contribution in [0.1, 0.15) is 43.5 Å². The second kappa shape index (κ2) is 6.80. The third-order valence-electron chi connectivity index (χ3n) is 4.30. The van der Waals surface area contributed by atoms with Gasteiger partial charge in [-0.1, -0.05) is 69.3 Å². The third-order valence-corrected chi connectivity index (χ3v) is 4.30. The first-order valence-corrected chi connectivity index (χ1v) is 8.49. The highest BCUT2D eigenvalue weighted by Crippen LogP contribution is 2.29. The van der Waals surface area contributed by atoms with Gasteiger partial charge in [-0.05, 0) is 34.2 Å². The van der Waals surface area contributed by atoms with Gasteiger partial charge < -0.3 is 15.7 Å². The number of rotatable bonds is 5. The summed E-state index contributed by atoms with van der Waals surface area (Å²) in [5.74, 6) is 0. The Balaban J connectivity index is 1.64. The number of anilines is 1. The molecule has 0 spiro atoms. The zero-order chi connectivity index (χ0) is 17.2. The van der Waals surface area contributed by atoms with Crippen molar-refractivity contribution in [1.29, 1.82) is 0 Å². The summed E-state index contributed by atoms with van der Waals surface area (Å²) in [5, 5.41) is 16.7. The maximum Gasteiger partial charge on any atom is 0.144 e. The van der Waals surface area contributed by atoms with Crippen LogP contribution in [0.15, 0.2) is 54.6 Å². The topological polar surface area (TPSA) is 54.2 Å². The van der Waals surface area contributed by atoms with Gasteiger partial charge in [-0.25, -0.2) is 0 Å². The van der Waals surface area contributed by atoms with E-state index in [1.54, 1.807) is 6.08 Å². The van der Waals surface area contributed by atoms with Gasteiger partial charge in [-0.3, -0.25) is 0 Å². The molecule has 3 rings (SSSR count). The van der Waals surface area contributed by atoms with E-state index < -0.39 is 6.23 Å². The predicted octanol–water partition coefficient (Wildman–Crippen LogP) is 4.07. The fraction of sp³-hybridized carbons (Fsp3) is 0.333. The van der Waals surface area contributed by atoms with E-state index in [4.69, 9.17) is 0 Å². The number of aliphatic hydroxyl groups excluding tert-OH is 1. The van der Waals surface area contributed by atoms with E-state index >= 15 is 0 Å². The lowest BCUT2D eigenvalue weighted by molar-refractivity contribution is 0.253. The van der Waals surface area contributed by atoms with Crippen molar-refractivity contribution < 1.29 is 5.11 Å². The SMILES string of the molecule is CC(C)(C)c1ccc(/C=C/C(O)Nc2ccccc2C2CN2)cc1. The van der Waals surface area contributed by atoms with Crippen LogP contribution < -0.4 is 10.6 Å².